The standard InChI is InChI=1S/C19H35N3O3/c1-5-6-16(19(2,3)4)25-18(24)22-11-7-15(8-12-22)17(23)21-13-9-20-10-14-21/h15-16,20H,5-14H2,1-4H3. The molecule has 1 N–H and O–H groups in total. The predicted molar refractivity (Wildman–Crippen MR) is 98.4 cm³/mol. The smallest absolute Gasteiger partial charge is 0.410 e. The first-order valence-corrected chi connectivity index (χ1v) is 9.78. The van der Waals surface area contributed by atoms with Crippen LogP contribution in [0.25, 0.3) is 0 Å². The number of nitrogens with one attached hydrogen (secondary N) is 1. The monoisotopic (exact) mass is 353 g/mol. The normalized spacial score (nSPS) is 21.1. The van der Waals surface area contributed by atoms with E-state index in [0.29, 0.717) is 13.1 Å². The third-order valence-corrected chi connectivity index (χ3v) is 5.29. The quantitative estimate of drug-likeness (QED) is 0.843. The molecule has 2 fully saturated rings. The Hall–Kier alpha value is -1.30. The van der Waals surface area contributed by atoms with Crippen molar-refractivity contribution in [2.45, 2.75) is 59.5 Å². The molecule has 0 aromatic carbocycles. The van der Waals surface area contributed by atoms with E-state index in [1.807, 2.05) is 4.90 Å². The molecule has 1 unspecified atom stereocenters. The summed E-state index contributed by atoms with van der Waals surface area (Å²) in [6.07, 6.45) is 3.08. The van der Waals surface area contributed by atoms with E-state index in [2.05, 4.69) is 33.0 Å². The highest BCUT2D eigenvalue weighted by Crippen LogP contribution is 2.28. The van der Waals surface area contributed by atoms with Crippen LogP contribution in [0.4, 0.5) is 4.79 Å². The average molecular weight is 354 g/mol. The summed E-state index contributed by atoms with van der Waals surface area (Å²) in [6, 6.07) is 0. The van der Waals surface area contributed by atoms with Gasteiger partial charge >= 0.3 is 6.09 Å². The molecule has 2 aliphatic rings. The first-order valence-electron chi connectivity index (χ1n) is 9.78. The molecule has 6 nitrogen and oxygen atoms in total. The third kappa shape index (κ3) is 5.59. The van der Waals surface area contributed by atoms with E-state index in [-0.39, 0.29) is 29.4 Å². The number of likely N-dealkylation sites (tertiary alicyclic amines) is 1. The van der Waals surface area contributed by atoms with E-state index in [1.54, 1.807) is 4.90 Å². The SMILES string of the molecule is CCCC(OC(=O)N1CCC(C(=O)N2CCNCC2)CC1)C(C)(C)C. The number of piperidine rings is 1. The lowest BCUT2D eigenvalue weighted by Gasteiger charge is -2.37. The highest BCUT2D eigenvalue weighted by molar-refractivity contribution is 5.79. The molecule has 0 aromatic rings. The molecule has 0 aromatic heterocycles. The summed E-state index contributed by atoms with van der Waals surface area (Å²) in [4.78, 5) is 28.8. The van der Waals surface area contributed by atoms with Crippen molar-refractivity contribution < 1.29 is 14.3 Å². The zero-order valence-corrected chi connectivity index (χ0v) is 16.3. The van der Waals surface area contributed by atoms with Crippen molar-refractivity contribution in [2.24, 2.45) is 11.3 Å². The van der Waals surface area contributed by atoms with Gasteiger partial charge in [0.25, 0.3) is 0 Å². The van der Waals surface area contributed by atoms with Crippen LogP contribution in [0.3, 0.4) is 0 Å². The van der Waals surface area contributed by atoms with E-state index in [1.165, 1.54) is 0 Å². The van der Waals surface area contributed by atoms with Crippen LogP contribution in [-0.4, -0.2) is 67.2 Å². The van der Waals surface area contributed by atoms with Gasteiger partial charge in [-0.15, -0.1) is 0 Å². The molecule has 2 saturated heterocycles. The highest BCUT2D eigenvalue weighted by atomic mass is 16.6. The van der Waals surface area contributed by atoms with Gasteiger partial charge in [-0.1, -0.05) is 34.1 Å². The average Bonchev–Trinajstić information content (AvgIpc) is 2.60. The summed E-state index contributed by atoms with van der Waals surface area (Å²) in [6.45, 7) is 13.0. The van der Waals surface area contributed by atoms with Gasteiger partial charge in [0.1, 0.15) is 6.10 Å². The molecular formula is C19H35N3O3. The first kappa shape index (κ1) is 20.0. The Morgan fingerprint density at radius 3 is 2.20 bits per heavy atom. The third-order valence-electron chi connectivity index (χ3n) is 5.29. The second-order valence-electron chi connectivity index (χ2n) is 8.36. The lowest BCUT2D eigenvalue weighted by molar-refractivity contribution is -0.137. The van der Waals surface area contributed by atoms with Crippen LogP contribution < -0.4 is 5.32 Å². The van der Waals surface area contributed by atoms with Crippen molar-refractivity contribution in [1.82, 2.24) is 15.1 Å². The van der Waals surface area contributed by atoms with Crippen LogP contribution in [0.5, 0.6) is 0 Å². The summed E-state index contributed by atoms with van der Waals surface area (Å²) >= 11 is 0. The molecule has 25 heavy (non-hydrogen) atoms. The molecule has 144 valence electrons. The highest BCUT2D eigenvalue weighted by Gasteiger charge is 2.33. The second-order valence-corrected chi connectivity index (χ2v) is 8.36. The van der Waals surface area contributed by atoms with E-state index < -0.39 is 0 Å². The van der Waals surface area contributed by atoms with Crippen molar-refractivity contribution in [3.8, 4) is 0 Å². The van der Waals surface area contributed by atoms with Gasteiger partial charge in [-0.05, 0) is 24.7 Å². The molecule has 2 heterocycles. The maximum absolute atomic E-state index is 12.6. The van der Waals surface area contributed by atoms with Crippen molar-refractivity contribution in [2.75, 3.05) is 39.3 Å². The Labute approximate surface area is 152 Å². The van der Waals surface area contributed by atoms with E-state index in [9.17, 15) is 9.59 Å². The molecule has 0 radical (unpaired) electrons. The summed E-state index contributed by atoms with van der Waals surface area (Å²) < 4.78 is 5.79. The van der Waals surface area contributed by atoms with Crippen molar-refractivity contribution in [1.29, 1.82) is 0 Å². The molecule has 1 atom stereocenters. The van der Waals surface area contributed by atoms with Gasteiger partial charge in [0.2, 0.25) is 5.91 Å². The maximum Gasteiger partial charge on any atom is 0.410 e. The van der Waals surface area contributed by atoms with E-state index >= 15 is 0 Å². The number of nitrogens with zero attached hydrogens (tertiary/aromatic N) is 2. The number of hydrogen-bond donors (Lipinski definition) is 1. The fourth-order valence-electron chi connectivity index (χ4n) is 3.58. The summed E-state index contributed by atoms with van der Waals surface area (Å²) in [5, 5.41) is 3.27. The molecule has 6 heteroatoms. The molecule has 2 aliphatic heterocycles. The maximum atomic E-state index is 12.6. The zero-order valence-electron chi connectivity index (χ0n) is 16.3. The molecule has 0 aliphatic carbocycles. The second kappa shape index (κ2) is 8.88. The van der Waals surface area contributed by atoms with Gasteiger partial charge in [-0.2, -0.15) is 0 Å². The van der Waals surface area contributed by atoms with Crippen molar-refractivity contribution >= 4 is 12.0 Å². The predicted octanol–water partition coefficient (Wildman–Crippen LogP) is 2.48. The fraction of sp³-hybridized carbons (Fsp3) is 0.895. The lowest BCUT2D eigenvalue weighted by Crippen LogP contribution is -2.51. The minimum atomic E-state index is -0.221. The molecule has 0 bridgehead atoms. The molecule has 2 rings (SSSR count). The van der Waals surface area contributed by atoms with Crippen LogP contribution >= 0.6 is 0 Å². The summed E-state index contributed by atoms with van der Waals surface area (Å²) in [7, 11) is 0. The Morgan fingerprint density at radius 1 is 1.08 bits per heavy atom. The number of piperazine rings is 1. The molecular weight excluding hydrogens is 318 g/mol. The Morgan fingerprint density at radius 2 is 1.68 bits per heavy atom. The number of carbonyl (C=O) groups is 2. The minimum Gasteiger partial charge on any atom is -0.446 e. The zero-order chi connectivity index (χ0) is 18.4. The molecule has 0 spiro atoms. The molecule has 2 amide bonds. The number of carbonyl (C=O) groups excluding carboxylic acids is 2. The Balaban J connectivity index is 1.82. The largest absolute Gasteiger partial charge is 0.446 e. The van der Waals surface area contributed by atoms with Crippen LogP contribution in [0.15, 0.2) is 0 Å². The van der Waals surface area contributed by atoms with Gasteiger partial charge in [0.05, 0.1) is 0 Å². The van der Waals surface area contributed by atoms with E-state index in [4.69, 9.17) is 4.74 Å². The van der Waals surface area contributed by atoms with Gasteiger partial charge < -0.3 is 19.9 Å². The Bertz CT molecular complexity index is 447. The molecule has 0 saturated carbocycles. The number of rotatable bonds is 4. The van der Waals surface area contributed by atoms with Gasteiger partial charge in [0.15, 0.2) is 0 Å². The van der Waals surface area contributed by atoms with Crippen LogP contribution in [-0.2, 0) is 9.53 Å². The topological polar surface area (TPSA) is 61.9 Å². The summed E-state index contributed by atoms with van der Waals surface area (Å²) in [5.74, 6) is 0.310. The Kier molecular flexibility index (Phi) is 7.11. The van der Waals surface area contributed by atoms with Gasteiger partial charge in [-0.25, -0.2) is 4.79 Å². The van der Waals surface area contributed by atoms with Crippen LogP contribution in [0.2, 0.25) is 0 Å². The minimum absolute atomic E-state index is 0.0520. The van der Waals surface area contributed by atoms with Crippen molar-refractivity contribution in [3.05, 3.63) is 0 Å². The number of hydrogen-bond acceptors (Lipinski definition) is 4. The fourth-order valence-corrected chi connectivity index (χ4v) is 3.58. The van der Waals surface area contributed by atoms with Gasteiger partial charge in [-0.3, -0.25) is 4.79 Å². The number of ether oxygens (including phenoxy) is 1. The van der Waals surface area contributed by atoms with Crippen LogP contribution in [0.1, 0.15) is 53.4 Å². The van der Waals surface area contributed by atoms with Crippen LogP contribution in [0, 0.1) is 11.3 Å². The van der Waals surface area contributed by atoms with Gasteiger partial charge in [0, 0.05) is 45.2 Å². The first-order chi connectivity index (χ1) is 11.8. The number of amides is 2. The summed E-state index contributed by atoms with van der Waals surface area (Å²) in [5.41, 5.74) is -0.0533. The van der Waals surface area contributed by atoms with Crippen molar-refractivity contribution in [3.63, 3.8) is 0 Å². The lowest BCUT2D eigenvalue weighted by atomic mass is 9.86. The van der Waals surface area contributed by atoms with E-state index in [0.717, 1.165) is 51.9 Å².